The SMILES string of the molecule is CCCOc1c(Br)cc(/C=C2\N=C(c3ccc([N+](=O)[O-])c(C)c3)OC2=O)cc1Br. The third kappa shape index (κ3) is 4.73. The van der Waals surface area contributed by atoms with Gasteiger partial charge in [-0.15, -0.1) is 0 Å². The maximum atomic E-state index is 12.2. The number of nitro groups is 1. The predicted octanol–water partition coefficient (Wildman–Crippen LogP) is 5.56. The molecule has 2 aromatic carbocycles. The Morgan fingerprint density at radius 3 is 2.52 bits per heavy atom. The van der Waals surface area contributed by atoms with Gasteiger partial charge in [0.05, 0.1) is 20.5 Å². The molecule has 0 saturated carbocycles. The highest BCUT2D eigenvalue weighted by molar-refractivity contribution is 9.11. The molecule has 0 aliphatic carbocycles. The molecule has 1 heterocycles. The number of aliphatic imine (C=N–C) groups is 1. The molecule has 0 aromatic heterocycles. The second kappa shape index (κ2) is 8.87. The molecule has 150 valence electrons. The van der Waals surface area contributed by atoms with E-state index < -0.39 is 10.9 Å². The van der Waals surface area contributed by atoms with Crippen molar-refractivity contribution in [1.82, 2.24) is 0 Å². The van der Waals surface area contributed by atoms with Crippen LogP contribution in [0.15, 0.2) is 50.0 Å². The van der Waals surface area contributed by atoms with E-state index in [4.69, 9.17) is 9.47 Å². The number of ether oxygens (including phenoxy) is 2. The van der Waals surface area contributed by atoms with Gasteiger partial charge >= 0.3 is 5.97 Å². The first-order valence-electron chi connectivity index (χ1n) is 8.70. The van der Waals surface area contributed by atoms with Crippen LogP contribution in [-0.2, 0) is 9.53 Å². The van der Waals surface area contributed by atoms with Gasteiger partial charge in [0.15, 0.2) is 5.70 Å². The smallest absolute Gasteiger partial charge is 0.363 e. The van der Waals surface area contributed by atoms with Crippen LogP contribution in [0.1, 0.15) is 30.0 Å². The van der Waals surface area contributed by atoms with Crippen molar-refractivity contribution in [2.45, 2.75) is 20.3 Å². The second-order valence-corrected chi connectivity index (χ2v) is 7.97. The molecule has 9 heteroatoms. The first-order chi connectivity index (χ1) is 13.8. The number of esters is 1. The fourth-order valence-corrected chi connectivity index (χ4v) is 4.14. The molecule has 1 aliphatic rings. The lowest BCUT2D eigenvalue weighted by Crippen LogP contribution is -2.06. The van der Waals surface area contributed by atoms with Gasteiger partial charge in [0.1, 0.15) is 5.75 Å². The Labute approximate surface area is 183 Å². The summed E-state index contributed by atoms with van der Waals surface area (Å²) < 4.78 is 12.4. The zero-order valence-corrected chi connectivity index (χ0v) is 18.7. The van der Waals surface area contributed by atoms with E-state index in [2.05, 4.69) is 36.9 Å². The normalized spacial score (nSPS) is 14.7. The number of carbonyl (C=O) groups is 1. The van der Waals surface area contributed by atoms with Crippen LogP contribution in [-0.4, -0.2) is 23.4 Å². The van der Waals surface area contributed by atoms with Crippen LogP contribution in [0.4, 0.5) is 5.69 Å². The molecule has 0 N–H and O–H groups in total. The Kier molecular flexibility index (Phi) is 6.49. The summed E-state index contributed by atoms with van der Waals surface area (Å²) in [7, 11) is 0. The van der Waals surface area contributed by atoms with Crippen LogP contribution in [0.3, 0.4) is 0 Å². The minimum absolute atomic E-state index is 0.00507. The molecule has 2 aromatic rings. The lowest BCUT2D eigenvalue weighted by molar-refractivity contribution is -0.385. The number of carbonyl (C=O) groups excluding carboxylic acids is 1. The van der Waals surface area contributed by atoms with Crippen molar-refractivity contribution in [2.75, 3.05) is 6.61 Å². The lowest BCUT2D eigenvalue weighted by atomic mass is 10.1. The predicted molar refractivity (Wildman–Crippen MR) is 116 cm³/mol. The van der Waals surface area contributed by atoms with Gasteiger partial charge in [-0.05, 0) is 81.1 Å². The highest BCUT2D eigenvalue weighted by atomic mass is 79.9. The van der Waals surface area contributed by atoms with Crippen molar-refractivity contribution >= 4 is 55.5 Å². The van der Waals surface area contributed by atoms with Gasteiger partial charge in [-0.2, -0.15) is 0 Å². The molecule has 29 heavy (non-hydrogen) atoms. The third-order valence-corrected chi connectivity index (χ3v) is 5.21. The van der Waals surface area contributed by atoms with Crippen LogP contribution in [0, 0.1) is 17.0 Å². The van der Waals surface area contributed by atoms with Crippen LogP contribution in [0.2, 0.25) is 0 Å². The summed E-state index contributed by atoms with van der Waals surface area (Å²) >= 11 is 6.95. The maximum Gasteiger partial charge on any atom is 0.363 e. The number of cyclic esters (lactones) is 1. The minimum Gasteiger partial charge on any atom is -0.491 e. The van der Waals surface area contributed by atoms with Gasteiger partial charge in [-0.25, -0.2) is 9.79 Å². The molecule has 0 atom stereocenters. The summed E-state index contributed by atoms with van der Waals surface area (Å²) in [5.74, 6) is 0.211. The molecule has 0 fully saturated rings. The molecule has 0 spiro atoms. The van der Waals surface area contributed by atoms with Crippen molar-refractivity contribution in [3.8, 4) is 5.75 Å². The van der Waals surface area contributed by atoms with Crippen molar-refractivity contribution in [2.24, 2.45) is 4.99 Å². The van der Waals surface area contributed by atoms with Crippen LogP contribution in [0.5, 0.6) is 5.75 Å². The van der Waals surface area contributed by atoms with E-state index in [-0.39, 0.29) is 17.3 Å². The standard InChI is InChI=1S/C20H16Br2N2O5/c1-3-6-28-18-14(21)8-12(9-15(18)22)10-16-20(25)29-19(23-16)13-4-5-17(24(26)27)11(2)7-13/h4-5,7-10H,3,6H2,1-2H3/b16-10-. The van der Waals surface area contributed by atoms with Gasteiger partial charge in [0.25, 0.3) is 5.69 Å². The van der Waals surface area contributed by atoms with E-state index in [1.807, 2.05) is 19.1 Å². The van der Waals surface area contributed by atoms with Crippen LogP contribution < -0.4 is 4.74 Å². The molecular formula is C20H16Br2N2O5. The molecule has 7 nitrogen and oxygen atoms in total. The van der Waals surface area contributed by atoms with Crippen molar-refractivity contribution in [3.05, 3.63) is 71.8 Å². The number of hydrogen-bond acceptors (Lipinski definition) is 6. The molecule has 0 bridgehead atoms. The van der Waals surface area contributed by atoms with E-state index in [0.717, 1.165) is 20.9 Å². The number of benzene rings is 2. The van der Waals surface area contributed by atoms with Crippen molar-refractivity contribution < 1.29 is 19.2 Å². The Morgan fingerprint density at radius 1 is 1.24 bits per heavy atom. The number of nitro benzene ring substituents is 1. The molecule has 0 unspecified atom stereocenters. The first-order valence-corrected chi connectivity index (χ1v) is 10.3. The van der Waals surface area contributed by atoms with Gasteiger partial charge in [0, 0.05) is 17.2 Å². The minimum atomic E-state index is -0.588. The summed E-state index contributed by atoms with van der Waals surface area (Å²) in [5, 5.41) is 11.0. The second-order valence-electron chi connectivity index (χ2n) is 6.26. The largest absolute Gasteiger partial charge is 0.491 e. The fourth-order valence-electron chi connectivity index (χ4n) is 2.69. The number of hydrogen-bond donors (Lipinski definition) is 0. The molecule has 0 radical (unpaired) electrons. The summed E-state index contributed by atoms with van der Waals surface area (Å²) in [6, 6.07) is 8.08. The van der Waals surface area contributed by atoms with Crippen LogP contribution in [0.25, 0.3) is 6.08 Å². The van der Waals surface area contributed by atoms with Crippen molar-refractivity contribution in [1.29, 1.82) is 0 Å². The van der Waals surface area contributed by atoms with Gasteiger partial charge in [0.2, 0.25) is 5.90 Å². The lowest BCUT2D eigenvalue weighted by Gasteiger charge is -2.10. The topological polar surface area (TPSA) is 91.0 Å². The van der Waals surface area contributed by atoms with Gasteiger partial charge < -0.3 is 9.47 Å². The summed E-state index contributed by atoms with van der Waals surface area (Å²) in [4.78, 5) is 27.0. The monoisotopic (exact) mass is 522 g/mol. The quantitative estimate of drug-likeness (QED) is 0.214. The van der Waals surface area contributed by atoms with E-state index in [9.17, 15) is 14.9 Å². The zero-order chi connectivity index (χ0) is 21.1. The fraction of sp³-hybridized carbons (Fsp3) is 0.200. The van der Waals surface area contributed by atoms with Gasteiger partial charge in [-0.3, -0.25) is 10.1 Å². The molecule has 0 amide bonds. The number of aryl methyl sites for hydroxylation is 1. The highest BCUT2D eigenvalue weighted by Crippen LogP contribution is 2.36. The summed E-state index contributed by atoms with van der Waals surface area (Å²) in [6.45, 7) is 4.23. The van der Waals surface area contributed by atoms with Crippen LogP contribution >= 0.6 is 31.9 Å². The third-order valence-electron chi connectivity index (χ3n) is 4.04. The maximum absolute atomic E-state index is 12.2. The number of nitrogens with zero attached hydrogens (tertiary/aromatic N) is 2. The molecular weight excluding hydrogens is 508 g/mol. The average Bonchev–Trinajstić information content (AvgIpc) is 3.01. The Hall–Kier alpha value is -2.52. The highest BCUT2D eigenvalue weighted by Gasteiger charge is 2.25. The zero-order valence-electron chi connectivity index (χ0n) is 15.6. The van der Waals surface area contributed by atoms with Gasteiger partial charge in [-0.1, -0.05) is 6.92 Å². The first kappa shape index (κ1) is 21.2. The van der Waals surface area contributed by atoms with E-state index >= 15 is 0 Å². The van der Waals surface area contributed by atoms with Crippen molar-refractivity contribution in [3.63, 3.8) is 0 Å². The summed E-state index contributed by atoms with van der Waals surface area (Å²) in [6.07, 6.45) is 2.49. The average molecular weight is 524 g/mol. The van der Waals surface area contributed by atoms with E-state index in [0.29, 0.717) is 23.5 Å². The molecule has 0 saturated heterocycles. The number of rotatable bonds is 6. The number of halogens is 2. The Morgan fingerprint density at radius 2 is 1.93 bits per heavy atom. The molecule has 1 aliphatic heterocycles. The van der Waals surface area contributed by atoms with E-state index in [1.165, 1.54) is 12.1 Å². The molecule has 3 rings (SSSR count). The Balaban J connectivity index is 1.91. The van der Waals surface area contributed by atoms with E-state index in [1.54, 1.807) is 19.1 Å². The Bertz CT molecular complexity index is 1040. The summed E-state index contributed by atoms with van der Waals surface area (Å²) in [5.41, 5.74) is 1.81.